The lowest BCUT2D eigenvalue weighted by Gasteiger charge is -2.15. The third kappa shape index (κ3) is 7.26. The molecule has 0 spiro atoms. The van der Waals surface area contributed by atoms with Crippen LogP contribution in [0.15, 0.2) is 36.4 Å². The van der Waals surface area contributed by atoms with Crippen LogP contribution in [0.25, 0.3) is 0 Å². The van der Waals surface area contributed by atoms with Gasteiger partial charge in [-0.1, -0.05) is 17.7 Å². The molecule has 0 bridgehead atoms. The van der Waals surface area contributed by atoms with Crippen molar-refractivity contribution in [1.29, 1.82) is 0 Å². The third-order valence-corrected chi connectivity index (χ3v) is 3.95. The van der Waals surface area contributed by atoms with Crippen molar-refractivity contribution in [3.63, 3.8) is 0 Å². The van der Waals surface area contributed by atoms with Crippen molar-refractivity contribution in [2.24, 2.45) is 0 Å². The number of alkyl halides is 3. The molecule has 0 heterocycles. The molecular weight excluding hydrogens is 413 g/mol. The van der Waals surface area contributed by atoms with Crippen LogP contribution in [0, 0.1) is 0 Å². The summed E-state index contributed by atoms with van der Waals surface area (Å²) in [4.78, 5) is 12.1. The quantitative estimate of drug-likeness (QED) is 0.626. The molecule has 0 aliphatic carbocycles. The number of benzene rings is 2. The molecule has 2 aromatic rings. The predicted molar refractivity (Wildman–Crippen MR) is 103 cm³/mol. The van der Waals surface area contributed by atoms with Gasteiger partial charge in [-0.05, 0) is 35.9 Å². The largest absolute Gasteiger partial charge is 0.493 e. The number of hydrogen-bond donors (Lipinski definition) is 2. The van der Waals surface area contributed by atoms with Gasteiger partial charge in [-0.15, -0.1) is 0 Å². The molecule has 0 fully saturated rings. The lowest BCUT2D eigenvalue weighted by molar-refractivity contribution is -0.153. The predicted octanol–water partition coefficient (Wildman–Crippen LogP) is 4.03. The van der Waals surface area contributed by atoms with Crippen molar-refractivity contribution in [2.45, 2.75) is 12.7 Å². The van der Waals surface area contributed by atoms with E-state index in [0.717, 1.165) is 5.56 Å². The molecule has 0 aromatic heterocycles. The number of anilines is 1. The molecule has 0 radical (unpaired) electrons. The number of hydrogen-bond acceptors (Lipinski definition) is 5. The molecule has 29 heavy (non-hydrogen) atoms. The highest BCUT2D eigenvalue weighted by atomic mass is 35.5. The number of methoxy groups -OCH3 is 2. The molecule has 0 saturated carbocycles. The topological polar surface area (TPSA) is 68.8 Å². The van der Waals surface area contributed by atoms with E-state index < -0.39 is 12.8 Å². The van der Waals surface area contributed by atoms with Gasteiger partial charge < -0.3 is 24.8 Å². The van der Waals surface area contributed by atoms with Crippen molar-refractivity contribution >= 4 is 23.2 Å². The number of ether oxygens (including phenoxy) is 3. The molecule has 6 nitrogen and oxygen atoms in total. The number of amides is 1. The van der Waals surface area contributed by atoms with Gasteiger partial charge in [-0.25, -0.2) is 0 Å². The van der Waals surface area contributed by atoms with Crippen LogP contribution in [0.1, 0.15) is 5.56 Å². The maximum absolute atomic E-state index is 12.4. The van der Waals surface area contributed by atoms with E-state index in [2.05, 4.69) is 10.6 Å². The standard InChI is InChI=1S/C19H20ClF3N2O4/c1-27-16-5-3-12(7-17(16)28-2)9-25-18(26)10-24-14-8-13(20)4-6-15(14)29-11-19(21,22)23/h3-8,24H,9-11H2,1-2H3,(H,25,26). The van der Waals surface area contributed by atoms with E-state index in [-0.39, 0.29) is 35.5 Å². The fourth-order valence-electron chi connectivity index (χ4n) is 2.36. The van der Waals surface area contributed by atoms with E-state index in [9.17, 15) is 18.0 Å². The second-order valence-electron chi connectivity index (χ2n) is 5.86. The second kappa shape index (κ2) is 10.1. The summed E-state index contributed by atoms with van der Waals surface area (Å²) < 4.78 is 52.2. The Morgan fingerprint density at radius 1 is 1.03 bits per heavy atom. The molecule has 0 atom stereocenters. The second-order valence-corrected chi connectivity index (χ2v) is 6.30. The fraction of sp³-hybridized carbons (Fsp3) is 0.316. The minimum Gasteiger partial charge on any atom is -0.493 e. The summed E-state index contributed by atoms with van der Waals surface area (Å²) in [7, 11) is 3.03. The van der Waals surface area contributed by atoms with Crippen LogP contribution >= 0.6 is 11.6 Å². The Morgan fingerprint density at radius 2 is 1.72 bits per heavy atom. The Bertz CT molecular complexity index is 847. The first-order valence-electron chi connectivity index (χ1n) is 8.42. The fourth-order valence-corrected chi connectivity index (χ4v) is 2.53. The van der Waals surface area contributed by atoms with E-state index in [0.29, 0.717) is 11.5 Å². The smallest absolute Gasteiger partial charge is 0.422 e. The minimum absolute atomic E-state index is 0.0561. The molecule has 1 amide bonds. The Morgan fingerprint density at radius 3 is 2.38 bits per heavy atom. The van der Waals surface area contributed by atoms with Gasteiger partial charge >= 0.3 is 6.18 Å². The molecule has 2 N–H and O–H groups in total. The maximum atomic E-state index is 12.4. The highest BCUT2D eigenvalue weighted by Gasteiger charge is 2.28. The van der Waals surface area contributed by atoms with Crippen molar-refractivity contribution in [3.8, 4) is 17.2 Å². The summed E-state index contributed by atoms with van der Waals surface area (Å²) in [5.74, 6) is 0.667. The van der Waals surface area contributed by atoms with E-state index in [1.54, 1.807) is 18.2 Å². The number of rotatable bonds is 9. The average molecular weight is 433 g/mol. The van der Waals surface area contributed by atoms with Gasteiger partial charge in [0.25, 0.3) is 0 Å². The molecule has 2 aromatic carbocycles. The van der Waals surface area contributed by atoms with Crippen LogP contribution < -0.4 is 24.8 Å². The molecule has 158 valence electrons. The van der Waals surface area contributed by atoms with Crippen LogP contribution in [0.4, 0.5) is 18.9 Å². The van der Waals surface area contributed by atoms with Gasteiger partial charge in [0.2, 0.25) is 5.91 Å². The lowest BCUT2D eigenvalue weighted by Crippen LogP contribution is -2.29. The van der Waals surface area contributed by atoms with Crippen LogP contribution in [0.2, 0.25) is 5.02 Å². The number of nitrogens with one attached hydrogen (secondary N) is 2. The zero-order chi connectivity index (χ0) is 21.4. The Kier molecular flexibility index (Phi) is 7.83. The van der Waals surface area contributed by atoms with E-state index >= 15 is 0 Å². The molecule has 2 rings (SSSR count). The summed E-state index contributed by atoms with van der Waals surface area (Å²) in [6, 6.07) is 9.30. The van der Waals surface area contributed by atoms with E-state index in [4.69, 9.17) is 25.8 Å². The summed E-state index contributed by atoms with van der Waals surface area (Å²) in [5, 5.41) is 5.72. The van der Waals surface area contributed by atoms with Gasteiger partial charge in [0.1, 0.15) is 5.75 Å². The highest BCUT2D eigenvalue weighted by molar-refractivity contribution is 6.30. The van der Waals surface area contributed by atoms with E-state index in [1.165, 1.54) is 32.4 Å². The maximum Gasteiger partial charge on any atom is 0.422 e. The van der Waals surface area contributed by atoms with Gasteiger partial charge in [0.15, 0.2) is 18.1 Å². The molecule has 10 heteroatoms. The molecule has 0 saturated heterocycles. The first-order valence-corrected chi connectivity index (χ1v) is 8.80. The minimum atomic E-state index is -4.48. The highest BCUT2D eigenvalue weighted by Crippen LogP contribution is 2.30. The first-order chi connectivity index (χ1) is 13.7. The lowest BCUT2D eigenvalue weighted by atomic mass is 10.2. The zero-order valence-corrected chi connectivity index (χ0v) is 16.5. The molecular formula is C19H20ClF3N2O4. The van der Waals surface area contributed by atoms with Gasteiger partial charge in [0.05, 0.1) is 26.5 Å². The Balaban J connectivity index is 1.93. The number of halogens is 4. The average Bonchev–Trinajstić information content (AvgIpc) is 2.68. The normalized spacial score (nSPS) is 11.0. The van der Waals surface area contributed by atoms with Crippen molar-refractivity contribution in [1.82, 2.24) is 5.32 Å². The summed E-state index contributed by atoms with van der Waals surface area (Å²) in [6.45, 7) is -1.40. The summed E-state index contributed by atoms with van der Waals surface area (Å²) in [6.07, 6.45) is -4.48. The summed E-state index contributed by atoms with van der Waals surface area (Å²) >= 11 is 5.88. The molecule has 0 unspecified atom stereocenters. The number of carbonyl (C=O) groups is 1. The monoisotopic (exact) mass is 432 g/mol. The van der Waals surface area contributed by atoms with Crippen LogP contribution in [-0.2, 0) is 11.3 Å². The van der Waals surface area contributed by atoms with Crippen LogP contribution in [0.3, 0.4) is 0 Å². The Hall–Kier alpha value is -2.81. The first kappa shape index (κ1) is 22.5. The van der Waals surface area contributed by atoms with Gasteiger partial charge in [-0.2, -0.15) is 13.2 Å². The zero-order valence-electron chi connectivity index (χ0n) is 15.7. The van der Waals surface area contributed by atoms with Gasteiger partial charge in [-0.3, -0.25) is 4.79 Å². The molecule has 0 aliphatic rings. The van der Waals surface area contributed by atoms with Crippen LogP contribution in [-0.4, -0.2) is 39.5 Å². The van der Waals surface area contributed by atoms with Crippen molar-refractivity contribution < 1.29 is 32.2 Å². The van der Waals surface area contributed by atoms with Crippen LogP contribution in [0.5, 0.6) is 17.2 Å². The SMILES string of the molecule is COc1ccc(CNC(=O)CNc2cc(Cl)ccc2OCC(F)(F)F)cc1OC. The van der Waals surface area contributed by atoms with Crippen molar-refractivity contribution in [3.05, 3.63) is 47.0 Å². The van der Waals surface area contributed by atoms with Crippen molar-refractivity contribution in [2.75, 3.05) is 32.7 Å². The van der Waals surface area contributed by atoms with Gasteiger partial charge in [0, 0.05) is 11.6 Å². The summed E-state index contributed by atoms with van der Waals surface area (Å²) in [5.41, 5.74) is 0.968. The third-order valence-electron chi connectivity index (χ3n) is 3.71. The Labute approximate surface area is 170 Å². The van der Waals surface area contributed by atoms with E-state index in [1.807, 2.05) is 0 Å². The molecule has 0 aliphatic heterocycles. The number of carbonyl (C=O) groups excluding carboxylic acids is 1.